The molecule has 0 aromatic carbocycles. The first-order chi connectivity index (χ1) is 6.56. The van der Waals surface area contributed by atoms with Gasteiger partial charge in [-0.05, 0) is 46.0 Å². The minimum Gasteiger partial charge on any atom is -0.389 e. The molecular weight excluding hydrogens is 172 g/mol. The van der Waals surface area contributed by atoms with Gasteiger partial charge < -0.3 is 5.11 Å². The molecule has 14 heavy (non-hydrogen) atoms. The van der Waals surface area contributed by atoms with Crippen molar-refractivity contribution in [3.63, 3.8) is 0 Å². The molecule has 0 aliphatic rings. The summed E-state index contributed by atoms with van der Waals surface area (Å²) in [4.78, 5) is 0. The summed E-state index contributed by atoms with van der Waals surface area (Å²) in [6, 6.07) is 0. The number of aliphatic hydroxyl groups is 1. The van der Waals surface area contributed by atoms with Crippen LogP contribution >= 0.6 is 0 Å². The number of rotatable bonds is 6. The Morgan fingerprint density at radius 1 is 1.36 bits per heavy atom. The first-order valence-corrected chi connectivity index (χ1v) is 5.50. The van der Waals surface area contributed by atoms with Crippen molar-refractivity contribution in [2.45, 2.75) is 53.1 Å². The summed E-state index contributed by atoms with van der Waals surface area (Å²) in [6.07, 6.45) is 8.94. The van der Waals surface area contributed by atoms with E-state index in [-0.39, 0.29) is 6.10 Å². The number of hydrogen-bond acceptors (Lipinski definition) is 1. The van der Waals surface area contributed by atoms with Crippen LogP contribution in [0.3, 0.4) is 0 Å². The third-order valence-electron chi connectivity index (χ3n) is 2.27. The summed E-state index contributed by atoms with van der Waals surface area (Å²) in [5.41, 5.74) is 1.38. The molecule has 0 heterocycles. The Hall–Kier alpha value is -0.560. The van der Waals surface area contributed by atoms with Crippen molar-refractivity contribution >= 4 is 0 Å². The summed E-state index contributed by atoms with van der Waals surface area (Å²) in [5.74, 6) is 0.594. The van der Waals surface area contributed by atoms with Crippen LogP contribution in [-0.4, -0.2) is 11.2 Å². The van der Waals surface area contributed by atoms with Crippen LogP contribution in [0.15, 0.2) is 23.8 Å². The molecule has 0 bridgehead atoms. The highest BCUT2D eigenvalue weighted by atomic mass is 16.3. The van der Waals surface area contributed by atoms with Crippen molar-refractivity contribution in [3.8, 4) is 0 Å². The van der Waals surface area contributed by atoms with E-state index >= 15 is 0 Å². The van der Waals surface area contributed by atoms with E-state index in [0.717, 1.165) is 12.8 Å². The van der Waals surface area contributed by atoms with Gasteiger partial charge in [0.1, 0.15) is 0 Å². The maximum absolute atomic E-state index is 9.53. The Morgan fingerprint density at radius 3 is 2.50 bits per heavy atom. The van der Waals surface area contributed by atoms with Crippen molar-refractivity contribution in [1.29, 1.82) is 0 Å². The predicted octanol–water partition coefficient (Wildman–Crippen LogP) is 3.70. The van der Waals surface area contributed by atoms with E-state index in [1.54, 1.807) is 0 Å². The van der Waals surface area contributed by atoms with Gasteiger partial charge in [0, 0.05) is 0 Å². The quantitative estimate of drug-likeness (QED) is 0.642. The zero-order valence-electron chi connectivity index (χ0n) is 9.96. The topological polar surface area (TPSA) is 20.2 Å². The first kappa shape index (κ1) is 13.4. The van der Waals surface area contributed by atoms with Crippen molar-refractivity contribution in [3.05, 3.63) is 23.8 Å². The first-order valence-electron chi connectivity index (χ1n) is 5.50. The van der Waals surface area contributed by atoms with Crippen molar-refractivity contribution in [2.24, 2.45) is 5.92 Å². The van der Waals surface area contributed by atoms with Gasteiger partial charge in [0.25, 0.3) is 0 Å². The second-order valence-corrected chi connectivity index (χ2v) is 4.29. The van der Waals surface area contributed by atoms with Crippen LogP contribution < -0.4 is 0 Å². The van der Waals surface area contributed by atoms with Crippen LogP contribution in [-0.2, 0) is 0 Å². The normalized spacial score (nSPS) is 15.5. The summed E-state index contributed by atoms with van der Waals surface area (Å²) in [6.45, 7) is 8.39. The summed E-state index contributed by atoms with van der Waals surface area (Å²) < 4.78 is 0. The standard InChI is InChI=1S/C13H24O/c1-5-7-13(14)10-12(4)9-6-8-11(2)3/h5,7-8,12-14H,6,9-10H2,1-4H3/b7-5-/t12-,13?/m1/s1. The summed E-state index contributed by atoms with van der Waals surface area (Å²) in [5, 5.41) is 9.53. The van der Waals surface area contributed by atoms with E-state index in [2.05, 4.69) is 26.8 Å². The molecule has 2 atom stereocenters. The van der Waals surface area contributed by atoms with Crippen LogP contribution in [0.4, 0.5) is 0 Å². The van der Waals surface area contributed by atoms with Gasteiger partial charge in [-0.3, -0.25) is 0 Å². The zero-order chi connectivity index (χ0) is 11.0. The fraction of sp³-hybridized carbons (Fsp3) is 0.692. The third kappa shape index (κ3) is 8.06. The molecule has 0 aromatic rings. The van der Waals surface area contributed by atoms with Gasteiger partial charge in [-0.1, -0.05) is 30.7 Å². The summed E-state index contributed by atoms with van der Waals surface area (Å²) >= 11 is 0. The lowest BCUT2D eigenvalue weighted by Gasteiger charge is -2.12. The largest absolute Gasteiger partial charge is 0.389 e. The van der Waals surface area contributed by atoms with E-state index < -0.39 is 0 Å². The molecule has 82 valence electrons. The maximum atomic E-state index is 9.53. The molecule has 0 saturated carbocycles. The predicted molar refractivity (Wildman–Crippen MR) is 63.3 cm³/mol. The lowest BCUT2D eigenvalue weighted by molar-refractivity contribution is 0.188. The maximum Gasteiger partial charge on any atom is 0.0723 e. The Bertz CT molecular complexity index is 187. The van der Waals surface area contributed by atoms with Gasteiger partial charge in [0.15, 0.2) is 0 Å². The molecule has 0 spiro atoms. The zero-order valence-corrected chi connectivity index (χ0v) is 9.96. The van der Waals surface area contributed by atoms with Gasteiger partial charge in [-0.2, -0.15) is 0 Å². The van der Waals surface area contributed by atoms with Gasteiger partial charge >= 0.3 is 0 Å². The van der Waals surface area contributed by atoms with Gasteiger partial charge in [-0.15, -0.1) is 0 Å². The lowest BCUT2D eigenvalue weighted by atomic mass is 9.97. The minimum absolute atomic E-state index is 0.262. The van der Waals surface area contributed by atoms with Gasteiger partial charge in [-0.25, -0.2) is 0 Å². The average molecular weight is 196 g/mol. The molecule has 0 rings (SSSR count). The highest BCUT2D eigenvalue weighted by Crippen LogP contribution is 2.14. The molecular formula is C13H24O. The van der Waals surface area contributed by atoms with E-state index in [1.165, 1.54) is 12.0 Å². The molecule has 0 aromatic heterocycles. The van der Waals surface area contributed by atoms with Crippen molar-refractivity contribution in [1.82, 2.24) is 0 Å². The van der Waals surface area contributed by atoms with Crippen LogP contribution in [0.1, 0.15) is 47.0 Å². The van der Waals surface area contributed by atoms with Gasteiger partial charge in [0.05, 0.1) is 6.10 Å². The van der Waals surface area contributed by atoms with E-state index in [4.69, 9.17) is 0 Å². The fourth-order valence-electron chi connectivity index (χ4n) is 1.49. The number of allylic oxidation sites excluding steroid dienone is 3. The van der Waals surface area contributed by atoms with E-state index in [0.29, 0.717) is 5.92 Å². The molecule has 0 saturated heterocycles. The second-order valence-electron chi connectivity index (χ2n) is 4.29. The average Bonchev–Trinajstić information content (AvgIpc) is 2.03. The Balaban J connectivity index is 3.64. The van der Waals surface area contributed by atoms with Crippen molar-refractivity contribution in [2.75, 3.05) is 0 Å². The molecule has 1 N–H and O–H groups in total. The smallest absolute Gasteiger partial charge is 0.0723 e. The molecule has 1 unspecified atom stereocenters. The number of aliphatic hydroxyl groups excluding tert-OH is 1. The fourth-order valence-corrected chi connectivity index (χ4v) is 1.49. The Morgan fingerprint density at radius 2 is 2.00 bits per heavy atom. The van der Waals surface area contributed by atoms with Crippen LogP contribution in [0.2, 0.25) is 0 Å². The molecule has 0 aliphatic carbocycles. The van der Waals surface area contributed by atoms with Gasteiger partial charge in [0.2, 0.25) is 0 Å². The third-order valence-corrected chi connectivity index (χ3v) is 2.27. The lowest BCUT2D eigenvalue weighted by Crippen LogP contribution is -2.08. The molecule has 0 radical (unpaired) electrons. The van der Waals surface area contributed by atoms with Crippen LogP contribution in [0, 0.1) is 5.92 Å². The van der Waals surface area contributed by atoms with E-state index in [1.807, 2.05) is 19.1 Å². The number of hydrogen-bond donors (Lipinski definition) is 1. The molecule has 1 heteroatoms. The van der Waals surface area contributed by atoms with E-state index in [9.17, 15) is 5.11 Å². The monoisotopic (exact) mass is 196 g/mol. The molecule has 0 aliphatic heterocycles. The van der Waals surface area contributed by atoms with Crippen LogP contribution in [0.25, 0.3) is 0 Å². The highest BCUT2D eigenvalue weighted by Gasteiger charge is 2.06. The van der Waals surface area contributed by atoms with Crippen LogP contribution in [0.5, 0.6) is 0 Å². The highest BCUT2D eigenvalue weighted by molar-refractivity contribution is 4.93. The van der Waals surface area contributed by atoms with Crippen molar-refractivity contribution < 1.29 is 5.11 Å². The SMILES string of the molecule is C/C=C\C(O)C[C@H](C)CCC=C(C)C. The Kier molecular flexibility index (Phi) is 7.50. The molecule has 0 fully saturated rings. The Labute approximate surface area is 88.5 Å². The minimum atomic E-state index is -0.262. The summed E-state index contributed by atoms with van der Waals surface area (Å²) in [7, 11) is 0. The molecule has 0 amide bonds. The molecule has 1 nitrogen and oxygen atoms in total. The second kappa shape index (κ2) is 7.81.